The number of nitrogens with two attached hydrogens (primary N) is 1. The van der Waals surface area contributed by atoms with Crippen LogP contribution in [0.5, 0.6) is 0 Å². The first kappa shape index (κ1) is 9.48. The van der Waals surface area contributed by atoms with E-state index in [-0.39, 0.29) is 0 Å². The fraction of sp³-hybridized carbons (Fsp3) is 0.111. The van der Waals surface area contributed by atoms with Gasteiger partial charge in [0, 0.05) is 17.3 Å². The van der Waals surface area contributed by atoms with Gasteiger partial charge in [-0.2, -0.15) is 0 Å². The van der Waals surface area contributed by atoms with E-state index in [1.165, 1.54) is 0 Å². The third-order valence-corrected chi connectivity index (χ3v) is 3.58. The summed E-state index contributed by atoms with van der Waals surface area (Å²) in [5.74, 6) is 1.39. The van der Waals surface area contributed by atoms with E-state index in [4.69, 9.17) is 5.73 Å². The van der Waals surface area contributed by atoms with Gasteiger partial charge in [0.05, 0.1) is 5.69 Å². The number of nitrogen functional groups attached to an aromatic ring is 1. The minimum atomic E-state index is 0.572. The molecule has 14 heavy (non-hydrogen) atoms. The van der Waals surface area contributed by atoms with Crippen molar-refractivity contribution in [2.75, 3.05) is 5.73 Å². The van der Waals surface area contributed by atoms with Gasteiger partial charge in [-0.05, 0) is 12.1 Å². The van der Waals surface area contributed by atoms with Crippen molar-refractivity contribution in [1.82, 2.24) is 9.97 Å². The van der Waals surface area contributed by atoms with E-state index in [1.807, 2.05) is 17.5 Å². The van der Waals surface area contributed by atoms with E-state index in [1.54, 1.807) is 35.4 Å². The van der Waals surface area contributed by atoms with Crippen molar-refractivity contribution in [3.63, 3.8) is 0 Å². The van der Waals surface area contributed by atoms with Crippen LogP contribution in [0, 0.1) is 0 Å². The fourth-order valence-corrected chi connectivity index (χ4v) is 2.54. The molecule has 0 aliphatic rings. The van der Waals surface area contributed by atoms with Crippen LogP contribution in [0.2, 0.25) is 0 Å². The normalized spacial score (nSPS) is 10.3. The van der Waals surface area contributed by atoms with Crippen LogP contribution in [0.25, 0.3) is 0 Å². The molecule has 0 radical (unpaired) electrons. The van der Waals surface area contributed by atoms with Crippen LogP contribution in [-0.2, 0) is 5.75 Å². The van der Waals surface area contributed by atoms with E-state index >= 15 is 0 Å². The van der Waals surface area contributed by atoms with Crippen molar-refractivity contribution in [2.24, 2.45) is 0 Å². The third kappa shape index (κ3) is 2.46. The Morgan fingerprint density at radius 1 is 1.43 bits per heavy atom. The minimum absolute atomic E-state index is 0.572. The third-order valence-electron chi connectivity index (χ3n) is 1.58. The molecule has 2 heterocycles. The number of hydrogen-bond acceptors (Lipinski definition) is 5. The highest BCUT2D eigenvalue weighted by atomic mass is 32.2. The van der Waals surface area contributed by atoms with Gasteiger partial charge in [-0.1, -0.05) is 17.8 Å². The molecule has 0 spiro atoms. The van der Waals surface area contributed by atoms with Crippen molar-refractivity contribution in [1.29, 1.82) is 0 Å². The highest BCUT2D eigenvalue weighted by Crippen LogP contribution is 2.23. The average Bonchev–Trinajstić information content (AvgIpc) is 2.67. The SMILES string of the molecule is Nc1cccc(CSc2nccs2)n1. The molecule has 2 aromatic heterocycles. The van der Waals surface area contributed by atoms with Crippen molar-refractivity contribution in [3.8, 4) is 0 Å². The number of nitrogens with zero attached hydrogens (tertiary/aromatic N) is 2. The zero-order valence-corrected chi connectivity index (χ0v) is 9.02. The van der Waals surface area contributed by atoms with Crippen LogP contribution >= 0.6 is 23.1 Å². The second kappa shape index (κ2) is 4.43. The van der Waals surface area contributed by atoms with Gasteiger partial charge in [-0.15, -0.1) is 11.3 Å². The second-order valence-corrected chi connectivity index (χ2v) is 4.76. The summed E-state index contributed by atoms with van der Waals surface area (Å²) in [6.45, 7) is 0. The standard InChI is InChI=1S/C9H9N3S2/c10-8-3-1-2-7(12-8)6-14-9-11-4-5-13-9/h1-5H,6H2,(H2,10,12). The van der Waals surface area contributed by atoms with E-state index in [0.29, 0.717) is 5.82 Å². The summed E-state index contributed by atoms with van der Waals surface area (Å²) in [5, 5.41) is 1.97. The summed E-state index contributed by atoms with van der Waals surface area (Å²) in [6.07, 6.45) is 1.81. The molecular weight excluding hydrogens is 214 g/mol. The first-order valence-electron chi connectivity index (χ1n) is 4.08. The summed E-state index contributed by atoms with van der Waals surface area (Å²) in [5.41, 5.74) is 6.57. The predicted molar refractivity (Wildman–Crippen MR) is 60.3 cm³/mol. The molecule has 2 rings (SSSR count). The Balaban J connectivity index is 1.98. The molecule has 0 aromatic carbocycles. The van der Waals surface area contributed by atoms with E-state index in [9.17, 15) is 0 Å². The lowest BCUT2D eigenvalue weighted by Crippen LogP contribution is -1.93. The predicted octanol–water partition coefficient (Wildman–Crippen LogP) is 2.41. The molecule has 0 amide bonds. The highest BCUT2D eigenvalue weighted by molar-refractivity contribution is 8.00. The Kier molecular flexibility index (Phi) is 3.00. The number of rotatable bonds is 3. The molecule has 0 fully saturated rings. The lowest BCUT2D eigenvalue weighted by atomic mass is 10.4. The van der Waals surface area contributed by atoms with Crippen molar-refractivity contribution in [2.45, 2.75) is 10.1 Å². The Morgan fingerprint density at radius 3 is 3.07 bits per heavy atom. The van der Waals surface area contributed by atoms with Gasteiger partial charge in [-0.25, -0.2) is 9.97 Å². The molecule has 0 aliphatic carbocycles. The number of thioether (sulfide) groups is 1. The summed E-state index contributed by atoms with van der Waals surface area (Å²) in [6, 6.07) is 5.68. The van der Waals surface area contributed by atoms with Gasteiger partial charge in [0.25, 0.3) is 0 Å². The van der Waals surface area contributed by atoms with Crippen molar-refractivity contribution < 1.29 is 0 Å². The maximum atomic E-state index is 5.57. The molecule has 5 heteroatoms. The van der Waals surface area contributed by atoms with Crippen molar-refractivity contribution in [3.05, 3.63) is 35.5 Å². The van der Waals surface area contributed by atoms with Crippen LogP contribution in [0.15, 0.2) is 34.1 Å². The fourth-order valence-electron chi connectivity index (χ4n) is 0.996. The minimum Gasteiger partial charge on any atom is -0.384 e. The molecule has 0 saturated carbocycles. The molecule has 2 aromatic rings. The first-order valence-corrected chi connectivity index (χ1v) is 5.95. The lowest BCUT2D eigenvalue weighted by Gasteiger charge is -1.98. The number of thiazole rings is 1. The lowest BCUT2D eigenvalue weighted by molar-refractivity contribution is 1.17. The molecule has 0 atom stereocenters. The van der Waals surface area contributed by atoms with Crippen LogP contribution in [0.1, 0.15) is 5.69 Å². The number of pyridine rings is 1. The topological polar surface area (TPSA) is 51.8 Å². The smallest absolute Gasteiger partial charge is 0.150 e. The molecule has 0 saturated heterocycles. The Labute approximate surface area is 90.4 Å². The molecule has 0 unspecified atom stereocenters. The van der Waals surface area contributed by atoms with Gasteiger partial charge in [0.15, 0.2) is 0 Å². The zero-order chi connectivity index (χ0) is 9.80. The maximum Gasteiger partial charge on any atom is 0.150 e. The Hall–Kier alpha value is -1.07. The Bertz CT molecular complexity index is 400. The largest absolute Gasteiger partial charge is 0.384 e. The first-order chi connectivity index (χ1) is 6.84. The molecule has 72 valence electrons. The van der Waals surface area contributed by atoms with Crippen LogP contribution < -0.4 is 5.73 Å². The monoisotopic (exact) mass is 223 g/mol. The molecule has 0 aliphatic heterocycles. The van der Waals surface area contributed by atoms with Crippen LogP contribution in [-0.4, -0.2) is 9.97 Å². The molecule has 3 nitrogen and oxygen atoms in total. The van der Waals surface area contributed by atoms with E-state index < -0.39 is 0 Å². The summed E-state index contributed by atoms with van der Waals surface area (Å²) < 4.78 is 1.06. The van der Waals surface area contributed by atoms with Gasteiger partial charge in [0.2, 0.25) is 0 Å². The van der Waals surface area contributed by atoms with Crippen LogP contribution in [0.3, 0.4) is 0 Å². The summed E-state index contributed by atoms with van der Waals surface area (Å²) >= 11 is 3.32. The van der Waals surface area contributed by atoms with Crippen molar-refractivity contribution >= 4 is 28.9 Å². The van der Waals surface area contributed by atoms with Gasteiger partial charge in [-0.3, -0.25) is 0 Å². The van der Waals surface area contributed by atoms with Gasteiger partial charge in [0.1, 0.15) is 10.2 Å². The second-order valence-electron chi connectivity index (χ2n) is 2.64. The maximum absolute atomic E-state index is 5.57. The molecule has 2 N–H and O–H groups in total. The summed E-state index contributed by atoms with van der Waals surface area (Å²) in [7, 11) is 0. The average molecular weight is 223 g/mol. The van der Waals surface area contributed by atoms with Gasteiger partial charge < -0.3 is 5.73 Å². The Morgan fingerprint density at radius 2 is 2.36 bits per heavy atom. The van der Waals surface area contributed by atoms with E-state index in [0.717, 1.165) is 15.8 Å². The number of anilines is 1. The number of aromatic nitrogens is 2. The zero-order valence-electron chi connectivity index (χ0n) is 7.38. The van der Waals surface area contributed by atoms with Gasteiger partial charge >= 0.3 is 0 Å². The molecule has 0 bridgehead atoms. The number of hydrogen-bond donors (Lipinski definition) is 1. The van der Waals surface area contributed by atoms with Crippen LogP contribution in [0.4, 0.5) is 5.82 Å². The molecular formula is C9H9N3S2. The van der Waals surface area contributed by atoms with E-state index in [2.05, 4.69) is 9.97 Å². The highest BCUT2D eigenvalue weighted by Gasteiger charge is 1.99. The quantitative estimate of drug-likeness (QED) is 0.812. The summed E-state index contributed by atoms with van der Waals surface area (Å²) in [4.78, 5) is 8.38.